The van der Waals surface area contributed by atoms with Crippen LogP contribution < -0.4 is 19.7 Å². The second-order valence-electron chi connectivity index (χ2n) is 6.30. The molecule has 0 atom stereocenters. The number of nitrogens with zero attached hydrogens (tertiary/aromatic N) is 3. The second kappa shape index (κ2) is 9.90. The van der Waals surface area contributed by atoms with Crippen LogP contribution >= 0.6 is 11.3 Å². The Morgan fingerprint density at radius 1 is 1.25 bits per heavy atom. The normalized spacial score (nSPS) is 14.5. The lowest BCUT2D eigenvalue weighted by Gasteiger charge is -2.37. The van der Waals surface area contributed by atoms with E-state index in [1.54, 1.807) is 18.4 Å². The van der Waals surface area contributed by atoms with Crippen molar-refractivity contribution >= 4 is 22.3 Å². The molecular weight excluding hydrogens is 372 g/mol. The van der Waals surface area contributed by atoms with Crippen molar-refractivity contribution < 1.29 is 9.47 Å². The minimum atomic E-state index is 0.212. The van der Waals surface area contributed by atoms with E-state index in [0.717, 1.165) is 37.7 Å². The van der Waals surface area contributed by atoms with Gasteiger partial charge in [0.05, 0.1) is 12.1 Å². The SMILES string of the molecule is C#CCOc1cc(CNC(=NC)N2CCN(c3cccs3)CC2)ccc1OC. The van der Waals surface area contributed by atoms with E-state index < -0.39 is 0 Å². The van der Waals surface area contributed by atoms with Crippen LogP contribution in [0.3, 0.4) is 0 Å². The Morgan fingerprint density at radius 2 is 2.07 bits per heavy atom. The molecule has 2 heterocycles. The quantitative estimate of drug-likeness (QED) is 0.461. The molecule has 1 fully saturated rings. The Kier molecular flexibility index (Phi) is 7.04. The van der Waals surface area contributed by atoms with Crippen LogP contribution in [0.25, 0.3) is 0 Å². The standard InChI is InChI=1S/C21H26N4O2S/c1-4-13-27-19-15-17(7-8-18(19)26-3)16-23-21(22-2)25-11-9-24(10-12-25)20-6-5-14-28-20/h1,5-8,14-15H,9-13,16H2,2-3H3,(H,22,23). The van der Waals surface area contributed by atoms with E-state index in [1.807, 2.05) is 25.2 Å². The molecule has 1 saturated heterocycles. The molecule has 0 bridgehead atoms. The van der Waals surface area contributed by atoms with Gasteiger partial charge in [-0.2, -0.15) is 0 Å². The number of methoxy groups -OCH3 is 1. The number of benzene rings is 1. The number of ether oxygens (including phenoxy) is 2. The molecule has 1 aromatic carbocycles. The minimum absolute atomic E-state index is 0.212. The molecule has 0 spiro atoms. The van der Waals surface area contributed by atoms with Crippen LogP contribution in [0.5, 0.6) is 11.5 Å². The summed E-state index contributed by atoms with van der Waals surface area (Å²) in [5.74, 6) is 4.72. The minimum Gasteiger partial charge on any atom is -0.493 e. The third-order valence-electron chi connectivity index (χ3n) is 4.60. The van der Waals surface area contributed by atoms with Crippen molar-refractivity contribution in [2.75, 3.05) is 51.8 Å². The summed E-state index contributed by atoms with van der Waals surface area (Å²) in [6.45, 7) is 4.73. The van der Waals surface area contributed by atoms with Gasteiger partial charge >= 0.3 is 0 Å². The Labute approximate surface area is 170 Å². The maximum absolute atomic E-state index is 5.58. The lowest BCUT2D eigenvalue weighted by molar-refractivity contribution is 0.330. The summed E-state index contributed by atoms with van der Waals surface area (Å²) in [4.78, 5) is 9.17. The number of nitrogens with one attached hydrogen (secondary N) is 1. The van der Waals surface area contributed by atoms with Gasteiger partial charge < -0.3 is 24.6 Å². The smallest absolute Gasteiger partial charge is 0.194 e. The van der Waals surface area contributed by atoms with Crippen molar-refractivity contribution in [2.24, 2.45) is 4.99 Å². The third kappa shape index (κ3) is 4.90. The number of aliphatic imine (C=N–C) groups is 1. The summed E-state index contributed by atoms with van der Waals surface area (Å²) in [6.07, 6.45) is 5.29. The summed E-state index contributed by atoms with van der Waals surface area (Å²) < 4.78 is 10.9. The van der Waals surface area contributed by atoms with E-state index in [0.29, 0.717) is 18.0 Å². The fourth-order valence-electron chi connectivity index (χ4n) is 3.17. The Hall–Kier alpha value is -2.85. The van der Waals surface area contributed by atoms with Crippen LogP contribution in [0.4, 0.5) is 5.00 Å². The van der Waals surface area contributed by atoms with E-state index in [-0.39, 0.29) is 6.61 Å². The lowest BCUT2D eigenvalue weighted by Crippen LogP contribution is -2.52. The lowest BCUT2D eigenvalue weighted by atomic mass is 10.2. The van der Waals surface area contributed by atoms with Gasteiger partial charge in [-0.3, -0.25) is 4.99 Å². The maximum atomic E-state index is 5.58. The Balaban J connectivity index is 1.56. The Bertz CT molecular complexity index is 821. The van der Waals surface area contributed by atoms with Crippen molar-refractivity contribution in [3.05, 3.63) is 41.3 Å². The zero-order valence-corrected chi connectivity index (χ0v) is 17.2. The molecule has 0 saturated carbocycles. The first-order chi connectivity index (χ1) is 13.7. The summed E-state index contributed by atoms with van der Waals surface area (Å²) in [5, 5.41) is 6.91. The molecule has 1 aliphatic heterocycles. The molecule has 0 unspecified atom stereocenters. The molecule has 28 heavy (non-hydrogen) atoms. The molecular formula is C21H26N4O2S. The highest BCUT2D eigenvalue weighted by molar-refractivity contribution is 7.14. The van der Waals surface area contributed by atoms with E-state index in [9.17, 15) is 0 Å². The molecule has 1 N–H and O–H groups in total. The van der Waals surface area contributed by atoms with Crippen molar-refractivity contribution in [2.45, 2.75) is 6.54 Å². The van der Waals surface area contributed by atoms with Gasteiger partial charge in [-0.05, 0) is 35.2 Å². The van der Waals surface area contributed by atoms with E-state index in [4.69, 9.17) is 15.9 Å². The first-order valence-corrected chi connectivity index (χ1v) is 10.1. The zero-order chi connectivity index (χ0) is 19.8. The molecule has 0 radical (unpaired) electrons. The van der Waals surface area contributed by atoms with Gasteiger partial charge in [0.1, 0.15) is 6.61 Å². The molecule has 0 amide bonds. The van der Waals surface area contributed by atoms with Gasteiger partial charge in [0.25, 0.3) is 0 Å². The predicted molar refractivity (Wildman–Crippen MR) is 116 cm³/mol. The highest BCUT2D eigenvalue weighted by Gasteiger charge is 2.20. The highest BCUT2D eigenvalue weighted by atomic mass is 32.1. The summed E-state index contributed by atoms with van der Waals surface area (Å²) in [5.41, 5.74) is 1.08. The molecule has 7 heteroatoms. The molecule has 2 aromatic rings. The van der Waals surface area contributed by atoms with Gasteiger partial charge in [0, 0.05) is 39.8 Å². The zero-order valence-electron chi connectivity index (χ0n) is 16.4. The second-order valence-corrected chi connectivity index (χ2v) is 7.23. The third-order valence-corrected chi connectivity index (χ3v) is 5.53. The van der Waals surface area contributed by atoms with Crippen LogP contribution in [-0.2, 0) is 6.54 Å². The number of anilines is 1. The van der Waals surface area contributed by atoms with Gasteiger partial charge in [-0.1, -0.05) is 12.0 Å². The van der Waals surface area contributed by atoms with Gasteiger partial charge in [0.2, 0.25) is 0 Å². The largest absolute Gasteiger partial charge is 0.493 e. The fraction of sp³-hybridized carbons (Fsp3) is 0.381. The predicted octanol–water partition coefficient (Wildman–Crippen LogP) is 2.67. The van der Waals surface area contributed by atoms with Crippen LogP contribution in [0.15, 0.2) is 40.7 Å². The molecule has 0 aliphatic carbocycles. The topological polar surface area (TPSA) is 49.3 Å². The van der Waals surface area contributed by atoms with Crippen molar-refractivity contribution in [3.8, 4) is 23.8 Å². The first-order valence-electron chi connectivity index (χ1n) is 9.22. The summed E-state index contributed by atoms with van der Waals surface area (Å²) >= 11 is 1.79. The first kappa shape index (κ1) is 19.9. The highest BCUT2D eigenvalue weighted by Crippen LogP contribution is 2.28. The number of guanidine groups is 1. The number of hydrogen-bond acceptors (Lipinski definition) is 5. The average molecular weight is 399 g/mol. The number of rotatable bonds is 6. The number of piperazine rings is 1. The van der Waals surface area contributed by atoms with Crippen molar-refractivity contribution in [3.63, 3.8) is 0 Å². The van der Waals surface area contributed by atoms with Crippen molar-refractivity contribution in [1.29, 1.82) is 0 Å². The fourth-order valence-corrected chi connectivity index (χ4v) is 3.95. The average Bonchev–Trinajstić information content (AvgIpc) is 3.28. The van der Waals surface area contributed by atoms with E-state index >= 15 is 0 Å². The summed E-state index contributed by atoms with van der Waals surface area (Å²) in [6, 6.07) is 10.1. The summed E-state index contributed by atoms with van der Waals surface area (Å²) in [7, 11) is 3.44. The van der Waals surface area contributed by atoms with Crippen LogP contribution in [0, 0.1) is 12.3 Å². The molecule has 3 rings (SSSR count). The van der Waals surface area contributed by atoms with Gasteiger partial charge in [-0.15, -0.1) is 17.8 Å². The van der Waals surface area contributed by atoms with Gasteiger partial charge in [-0.25, -0.2) is 0 Å². The molecule has 6 nitrogen and oxygen atoms in total. The van der Waals surface area contributed by atoms with Gasteiger partial charge in [0.15, 0.2) is 17.5 Å². The van der Waals surface area contributed by atoms with Crippen LogP contribution in [0.1, 0.15) is 5.56 Å². The number of thiophene rings is 1. The maximum Gasteiger partial charge on any atom is 0.194 e. The monoisotopic (exact) mass is 398 g/mol. The number of hydrogen-bond donors (Lipinski definition) is 1. The van der Waals surface area contributed by atoms with Crippen molar-refractivity contribution in [1.82, 2.24) is 10.2 Å². The Morgan fingerprint density at radius 3 is 2.71 bits per heavy atom. The van der Waals surface area contributed by atoms with E-state index in [1.165, 1.54) is 5.00 Å². The molecule has 148 valence electrons. The molecule has 1 aromatic heterocycles. The van der Waals surface area contributed by atoms with E-state index in [2.05, 4.69) is 43.5 Å². The molecule has 1 aliphatic rings. The van der Waals surface area contributed by atoms with Crippen LogP contribution in [-0.4, -0.2) is 57.8 Å². The number of terminal acetylenes is 1. The van der Waals surface area contributed by atoms with Crippen LogP contribution in [0.2, 0.25) is 0 Å².